The molecule has 0 spiro atoms. The molecule has 84 valence electrons. The summed E-state index contributed by atoms with van der Waals surface area (Å²) in [6.45, 7) is 10.0. The summed E-state index contributed by atoms with van der Waals surface area (Å²) in [5.41, 5.74) is 5.52. The number of nitrogens with two attached hydrogens (primary N) is 1. The zero-order valence-electron chi connectivity index (χ0n) is 9.71. The molecule has 14 heavy (non-hydrogen) atoms. The minimum Gasteiger partial charge on any atom is -0.336 e. The second-order valence-electron chi connectivity index (χ2n) is 3.98. The van der Waals surface area contributed by atoms with Crippen molar-refractivity contribution in [2.75, 3.05) is 19.6 Å². The Kier molecular flexibility index (Phi) is 6.28. The second kappa shape index (κ2) is 6.65. The van der Waals surface area contributed by atoms with Crippen molar-refractivity contribution in [2.45, 2.75) is 33.7 Å². The van der Waals surface area contributed by atoms with Crippen molar-refractivity contribution < 1.29 is 4.79 Å². The number of hydrogen-bond donors (Lipinski definition) is 2. The van der Waals surface area contributed by atoms with Gasteiger partial charge in [-0.25, -0.2) is 4.79 Å². The summed E-state index contributed by atoms with van der Waals surface area (Å²) in [6.07, 6.45) is 0. The maximum atomic E-state index is 11.6. The predicted molar refractivity (Wildman–Crippen MR) is 59.1 cm³/mol. The van der Waals surface area contributed by atoms with Crippen LogP contribution in [0.2, 0.25) is 0 Å². The predicted octanol–water partition coefficient (Wildman–Crippen LogP) is 1.02. The molecule has 0 rings (SSSR count). The Morgan fingerprint density at radius 3 is 2.36 bits per heavy atom. The number of rotatable bonds is 5. The molecule has 4 nitrogen and oxygen atoms in total. The van der Waals surface area contributed by atoms with Crippen LogP contribution in [-0.2, 0) is 0 Å². The summed E-state index contributed by atoms with van der Waals surface area (Å²) in [6, 6.07) is 0.188. The molecule has 3 N–H and O–H groups in total. The summed E-state index contributed by atoms with van der Waals surface area (Å²) in [5, 5.41) is 2.87. The number of carbonyl (C=O) groups excluding carboxylic acids is 1. The van der Waals surface area contributed by atoms with E-state index in [1.54, 1.807) is 4.90 Å². The molecule has 0 aliphatic carbocycles. The third kappa shape index (κ3) is 5.07. The van der Waals surface area contributed by atoms with Gasteiger partial charge in [-0.2, -0.15) is 0 Å². The van der Waals surface area contributed by atoms with Crippen LogP contribution >= 0.6 is 0 Å². The summed E-state index contributed by atoms with van der Waals surface area (Å²) < 4.78 is 0. The lowest BCUT2D eigenvalue weighted by molar-refractivity contribution is 0.190. The zero-order chi connectivity index (χ0) is 11.1. The Morgan fingerprint density at radius 1 is 1.43 bits per heavy atom. The van der Waals surface area contributed by atoms with E-state index in [1.807, 2.05) is 27.7 Å². The molecular weight excluding hydrogens is 178 g/mol. The highest BCUT2D eigenvalue weighted by molar-refractivity contribution is 5.74. The largest absolute Gasteiger partial charge is 0.336 e. The fourth-order valence-electron chi connectivity index (χ4n) is 1.14. The van der Waals surface area contributed by atoms with Crippen molar-refractivity contribution >= 4 is 6.03 Å². The lowest BCUT2D eigenvalue weighted by Gasteiger charge is -2.25. The number of nitrogens with one attached hydrogen (secondary N) is 1. The first-order chi connectivity index (χ1) is 6.51. The molecule has 0 radical (unpaired) electrons. The van der Waals surface area contributed by atoms with E-state index < -0.39 is 0 Å². The Hall–Kier alpha value is -0.770. The van der Waals surface area contributed by atoms with Crippen LogP contribution in [0.15, 0.2) is 0 Å². The van der Waals surface area contributed by atoms with Crippen LogP contribution in [0, 0.1) is 5.92 Å². The van der Waals surface area contributed by atoms with Gasteiger partial charge in [-0.15, -0.1) is 0 Å². The molecule has 0 aliphatic heterocycles. The van der Waals surface area contributed by atoms with Gasteiger partial charge in [-0.1, -0.05) is 6.92 Å². The quantitative estimate of drug-likeness (QED) is 0.697. The van der Waals surface area contributed by atoms with Crippen molar-refractivity contribution in [1.29, 1.82) is 0 Å². The summed E-state index contributed by atoms with van der Waals surface area (Å²) >= 11 is 0. The van der Waals surface area contributed by atoms with Crippen LogP contribution in [0.4, 0.5) is 4.79 Å². The smallest absolute Gasteiger partial charge is 0.317 e. The van der Waals surface area contributed by atoms with Gasteiger partial charge in [-0.3, -0.25) is 0 Å². The van der Waals surface area contributed by atoms with Crippen LogP contribution < -0.4 is 11.1 Å². The minimum atomic E-state index is 0.00259. The van der Waals surface area contributed by atoms with E-state index in [4.69, 9.17) is 5.73 Å². The van der Waals surface area contributed by atoms with Gasteiger partial charge in [0.1, 0.15) is 0 Å². The topological polar surface area (TPSA) is 58.4 Å². The van der Waals surface area contributed by atoms with Crippen molar-refractivity contribution in [1.82, 2.24) is 10.2 Å². The van der Waals surface area contributed by atoms with Crippen molar-refractivity contribution in [3.63, 3.8) is 0 Å². The molecule has 1 unspecified atom stereocenters. The van der Waals surface area contributed by atoms with E-state index in [2.05, 4.69) is 5.32 Å². The first-order valence-electron chi connectivity index (χ1n) is 5.26. The Balaban J connectivity index is 4.05. The fourth-order valence-corrected chi connectivity index (χ4v) is 1.14. The van der Waals surface area contributed by atoms with Crippen molar-refractivity contribution in [2.24, 2.45) is 11.7 Å². The Morgan fingerprint density at radius 2 is 2.00 bits per heavy atom. The van der Waals surface area contributed by atoms with Gasteiger partial charge in [0.15, 0.2) is 0 Å². The first-order valence-corrected chi connectivity index (χ1v) is 5.26. The molecule has 0 saturated carbocycles. The molecule has 0 aromatic heterocycles. The highest BCUT2D eigenvalue weighted by atomic mass is 16.2. The zero-order valence-corrected chi connectivity index (χ0v) is 9.71. The average molecular weight is 201 g/mol. The van der Waals surface area contributed by atoms with Gasteiger partial charge >= 0.3 is 6.03 Å². The van der Waals surface area contributed by atoms with Crippen LogP contribution in [0.1, 0.15) is 27.7 Å². The van der Waals surface area contributed by atoms with Gasteiger partial charge in [-0.05, 0) is 33.2 Å². The SMILES string of the molecule is CCN(CC(C)CN)C(=O)NC(C)C. The lowest BCUT2D eigenvalue weighted by Crippen LogP contribution is -2.45. The highest BCUT2D eigenvalue weighted by Gasteiger charge is 2.14. The number of hydrogen-bond acceptors (Lipinski definition) is 2. The standard InChI is InChI=1S/C10H23N3O/c1-5-13(7-9(4)6-11)10(14)12-8(2)3/h8-9H,5-7,11H2,1-4H3,(H,12,14). The molecular formula is C10H23N3O. The monoisotopic (exact) mass is 201 g/mol. The summed E-state index contributed by atoms with van der Waals surface area (Å²) in [4.78, 5) is 13.4. The summed E-state index contributed by atoms with van der Waals surface area (Å²) in [5.74, 6) is 0.355. The van der Waals surface area contributed by atoms with E-state index in [9.17, 15) is 4.79 Å². The van der Waals surface area contributed by atoms with Gasteiger partial charge < -0.3 is 16.0 Å². The molecule has 0 heterocycles. The van der Waals surface area contributed by atoms with Gasteiger partial charge in [0, 0.05) is 19.1 Å². The average Bonchev–Trinajstić information content (AvgIpc) is 2.12. The second-order valence-corrected chi connectivity index (χ2v) is 3.98. The van der Waals surface area contributed by atoms with E-state index >= 15 is 0 Å². The first kappa shape index (κ1) is 13.2. The van der Waals surface area contributed by atoms with Crippen molar-refractivity contribution in [3.8, 4) is 0 Å². The number of amides is 2. The molecule has 0 aliphatic rings. The Bertz CT molecular complexity index is 171. The van der Waals surface area contributed by atoms with E-state index in [0.717, 1.165) is 13.1 Å². The van der Waals surface area contributed by atoms with Crippen LogP contribution in [0.3, 0.4) is 0 Å². The third-order valence-corrected chi connectivity index (χ3v) is 2.02. The van der Waals surface area contributed by atoms with Crippen LogP contribution in [0.25, 0.3) is 0 Å². The van der Waals surface area contributed by atoms with E-state index in [0.29, 0.717) is 12.5 Å². The Labute approximate surface area is 86.8 Å². The highest BCUT2D eigenvalue weighted by Crippen LogP contribution is 1.98. The van der Waals surface area contributed by atoms with Crippen LogP contribution in [-0.4, -0.2) is 36.6 Å². The van der Waals surface area contributed by atoms with Gasteiger partial charge in [0.2, 0.25) is 0 Å². The molecule has 0 aromatic carbocycles. The number of carbonyl (C=O) groups is 1. The minimum absolute atomic E-state index is 0.00259. The maximum Gasteiger partial charge on any atom is 0.317 e. The molecule has 4 heteroatoms. The lowest BCUT2D eigenvalue weighted by atomic mass is 10.2. The van der Waals surface area contributed by atoms with E-state index in [1.165, 1.54) is 0 Å². The van der Waals surface area contributed by atoms with Gasteiger partial charge in [0.05, 0.1) is 0 Å². The molecule has 1 atom stereocenters. The number of urea groups is 1. The molecule has 0 saturated heterocycles. The molecule has 0 fully saturated rings. The third-order valence-electron chi connectivity index (χ3n) is 2.02. The fraction of sp³-hybridized carbons (Fsp3) is 0.900. The normalized spacial score (nSPS) is 12.7. The summed E-state index contributed by atoms with van der Waals surface area (Å²) in [7, 11) is 0. The molecule has 0 aromatic rings. The molecule has 0 bridgehead atoms. The number of nitrogens with zero attached hydrogens (tertiary/aromatic N) is 1. The van der Waals surface area contributed by atoms with Crippen molar-refractivity contribution in [3.05, 3.63) is 0 Å². The van der Waals surface area contributed by atoms with Gasteiger partial charge in [0.25, 0.3) is 0 Å². The molecule has 2 amide bonds. The maximum absolute atomic E-state index is 11.6. The van der Waals surface area contributed by atoms with E-state index in [-0.39, 0.29) is 12.1 Å². The van der Waals surface area contributed by atoms with Crippen LogP contribution in [0.5, 0.6) is 0 Å².